The van der Waals surface area contributed by atoms with Gasteiger partial charge in [0.2, 0.25) is 5.91 Å². The van der Waals surface area contributed by atoms with Crippen molar-refractivity contribution >= 4 is 34.6 Å². The van der Waals surface area contributed by atoms with Crippen molar-refractivity contribution in [1.82, 2.24) is 20.2 Å². The Morgan fingerprint density at radius 3 is 2.35 bits per heavy atom. The summed E-state index contributed by atoms with van der Waals surface area (Å²) in [7, 11) is 0. The molecule has 0 unspecified atom stereocenters. The number of amides is 3. The number of fused-ring (bicyclic) bond motifs is 1. The van der Waals surface area contributed by atoms with Gasteiger partial charge in [-0.15, -0.1) is 0 Å². The fourth-order valence-electron chi connectivity index (χ4n) is 3.22. The highest BCUT2D eigenvalue weighted by Crippen LogP contribution is 2.25. The van der Waals surface area contributed by atoms with Crippen LogP contribution in [0.15, 0.2) is 88.8 Å². The second kappa shape index (κ2) is 10.7. The zero-order valence-electron chi connectivity index (χ0n) is 18.4. The molecule has 0 aliphatic rings. The van der Waals surface area contributed by atoms with Gasteiger partial charge in [0.25, 0.3) is 5.56 Å². The Hall–Kier alpha value is -4.11. The SMILES string of the molecule is CCNC(=O)NC(=O)CSc1nc2ccccc2c(=O)n1-c1ccc(Oc2ccccc2)cc1. The maximum atomic E-state index is 13.3. The van der Waals surface area contributed by atoms with E-state index in [9.17, 15) is 14.4 Å². The minimum atomic E-state index is -0.564. The molecule has 0 atom stereocenters. The molecule has 4 aromatic rings. The first-order valence-electron chi connectivity index (χ1n) is 10.6. The summed E-state index contributed by atoms with van der Waals surface area (Å²) in [5.41, 5.74) is 0.851. The summed E-state index contributed by atoms with van der Waals surface area (Å²) in [4.78, 5) is 41.8. The Labute approximate surface area is 200 Å². The van der Waals surface area contributed by atoms with Crippen LogP contribution in [-0.4, -0.2) is 33.8 Å². The van der Waals surface area contributed by atoms with E-state index in [1.807, 2.05) is 30.3 Å². The number of aromatic nitrogens is 2. The summed E-state index contributed by atoms with van der Waals surface area (Å²) in [6, 6.07) is 22.9. The molecule has 0 aliphatic carbocycles. The number of hydrogen-bond acceptors (Lipinski definition) is 6. The van der Waals surface area contributed by atoms with Gasteiger partial charge in [0.05, 0.1) is 22.3 Å². The molecule has 0 radical (unpaired) electrons. The van der Waals surface area contributed by atoms with E-state index in [1.54, 1.807) is 55.5 Å². The largest absolute Gasteiger partial charge is 0.457 e. The van der Waals surface area contributed by atoms with Gasteiger partial charge >= 0.3 is 6.03 Å². The molecule has 8 nitrogen and oxygen atoms in total. The van der Waals surface area contributed by atoms with Crippen molar-refractivity contribution in [2.45, 2.75) is 12.1 Å². The van der Waals surface area contributed by atoms with Crippen LogP contribution in [0.2, 0.25) is 0 Å². The van der Waals surface area contributed by atoms with E-state index >= 15 is 0 Å². The summed E-state index contributed by atoms with van der Waals surface area (Å²) in [6.45, 7) is 2.16. The molecule has 3 aromatic carbocycles. The average molecular weight is 475 g/mol. The number of ether oxygens (including phenoxy) is 1. The smallest absolute Gasteiger partial charge is 0.321 e. The predicted molar refractivity (Wildman–Crippen MR) is 132 cm³/mol. The zero-order chi connectivity index (χ0) is 23.9. The van der Waals surface area contributed by atoms with Crippen molar-refractivity contribution in [2.75, 3.05) is 12.3 Å². The number of urea groups is 1. The molecule has 0 fully saturated rings. The Bertz CT molecular complexity index is 1370. The van der Waals surface area contributed by atoms with Crippen molar-refractivity contribution in [3.05, 3.63) is 89.2 Å². The molecule has 34 heavy (non-hydrogen) atoms. The summed E-state index contributed by atoms with van der Waals surface area (Å²) in [5.74, 6) is 0.745. The summed E-state index contributed by atoms with van der Waals surface area (Å²) in [6.07, 6.45) is 0. The number of imide groups is 1. The van der Waals surface area contributed by atoms with Gasteiger partial charge in [-0.2, -0.15) is 0 Å². The molecule has 3 amide bonds. The van der Waals surface area contributed by atoms with Gasteiger partial charge in [-0.05, 0) is 55.5 Å². The number of hydrogen-bond donors (Lipinski definition) is 2. The van der Waals surface area contributed by atoms with Gasteiger partial charge in [-0.1, -0.05) is 42.1 Å². The van der Waals surface area contributed by atoms with Crippen LogP contribution < -0.4 is 20.9 Å². The molecule has 4 rings (SSSR count). The van der Waals surface area contributed by atoms with Gasteiger partial charge in [-0.3, -0.25) is 19.5 Å². The Kier molecular flexibility index (Phi) is 7.24. The third-order valence-corrected chi connectivity index (χ3v) is 5.68. The Morgan fingerprint density at radius 2 is 1.62 bits per heavy atom. The molecule has 2 N–H and O–H groups in total. The van der Waals surface area contributed by atoms with Crippen molar-refractivity contribution in [3.63, 3.8) is 0 Å². The highest BCUT2D eigenvalue weighted by Gasteiger charge is 2.16. The molecule has 0 aliphatic heterocycles. The first kappa shape index (κ1) is 23.1. The standard InChI is InChI=1S/C25H22N4O4S/c1-2-26-24(32)28-22(30)16-34-25-27-21-11-7-6-10-20(21)23(31)29(25)17-12-14-19(15-13-17)33-18-8-4-3-5-9-18/h3-15H,2,16H2,1H3,(H2,26,28,30,32). The molecular weight excluding hydrogens is 452 g/mol. The quantitative estimate of drug-likeness (QED) is 0.309. The van der Waals surface area contributed by atoms with Gasteiger partial charge in [0.15, 0.2) is 5.16 Å². The molecule has 1 heterocycles. The second-order valence-corrected chi connectivity index (χ2v) is 8.10. The van der Waals surface area contributed by atoms with E-state index in [-0.39, 0.29) is 11.3 Å². The lowest BCUT2D eigenvalue weighted by Crippen LogP contribution is -2.40. The van der Waals surface area contributed by atoms with Crippen LogP contribution in [0.25, 0.3) is 16.6 Å². The molecular formula is C25H22N4O4S. The number of benzene rings is 3. The van der Waals surface area contributed by atoms with Crippen LogP contribution >= 0.6 is 11.8 Å². The van der Waals surface area contributed by atoms with Crippen LogP contribution in [0.5, 0.6) is 11.5 Å². The molecule has 1 aromatic heterocycles. The van der Waals surface area contributed by atoms with Crippen LogP contribution in [-0.2, 0) is 4.79 Å². The fraction of sp³-hybridized carbons (Fsp3) is 0.120. The first-order chi connectivity index (χ1) is 16.5. The molecule has 9 heteroatoms. The molecule has 172 valence electrons. The summed E-state index contributed by atoms with van der Waals surface area (Å²) in [5, 5.41) is 5.56. The number of nitrogens with zero attached hydrogens (tertiary/aromatic N) is 2. The zero-order valence-corrected chi connectivity index (χ0v) is 19.2. The van der Waals surface area contributed by atoms with Gasteiger partial charge in [0, 0.05) is 6.54 Å². The number of para-hydroxylation sites is 2. The minimum Gasteiger partial charge on any atom is -0.457 e. The highest BCUT2D eigenvalue weighted by molar-refractivity contribution is 7.99. The molecule has 0 saturated carbocycles. The fourth-order valence-corrected chi connectivity index (χ4v) is 4.03. The van der Waals surface area contributed by atoms with Crippen molar-refractivity contribution in [1.29, 1.82) is 0 Å². The Balaban J connectivity index is 1.64. The highest BCUT2D eigenvalue weighted by atomic mass is 32.2. The lowest BCUT2D eigenvalue weighted by atomic mass is 10.2. The molecule has 0 bridgehead atoms. The molecule has 0 saturated heterocycles. The van der Waals surface area contributed by atoms with Gasteiger partial charge in [-0.25, -0.2) is 9.78 Å². The van der Waals surface area contributed by atoms with E-state index in [4.69, 9.17) is 4.74 Å². The number of thioether (sulfide) groups is 1. The van der Waals surface area contributed by atoms with Gasteiger partial charge < -0.3 is 10.1 Å². The van der Waals surface area contributed by atoms with Crippen LogP contribution in [0.4, 0.5) is 4.79 Å². The summed E-state index contributed by atoms with van der Waals surface area (Å²) < 4.78 is 7.29. The number of carbonyl (C=O) groups is 2. The number of nitrogens with one attached hydrogen (secondary N) is 2. The van der Waals surface area contributed by atoms with Crippen molar-refractivity contribution in [2.24, 2.45) is 0 Å². The number of rotatable bonds is 7. The van der Waals surface area contributed by atoms with E-state index in [2.05, 4.69) is 15.6 Å². The topological polar surface area (TPSA) is 102 Å². The summed E-state index contributed by atoms with van der Waals surface area (Å²) >= 11 is 1.07. The second-order valence-electron chi connectivity index (χ2n) is 7.16. The first-order valence-corrected chi connectivity index (χ1v) is 11.6. The maximum absolute atomic E-state index is 13.3. The van der Waals surface area contributed by atoms with E-state index in [0.29, 0.717) is 39.8 Å². The van der Waals surface area contributed by atoms with E-state index < -0.39 is 11.9 Å². The maximum Gasteiger partial charge on any atom is 0.321 e. The van der Waals surface area contributed by atoms with Crippen LogP contribution in [0, 0.1) is 0 Å². The third-order valence-electron chi connectivity index (χ3n) is 4.74. The predicted octanol–water partition coefficient (Wildman–Crippen LogP) is 4.12. The van der Waals surface area contributed by atoms with E-state index in [0.717, 1.165) is 11.8 Å². The number of carbonyl (C=O) groups excluding carboxylic acids is 2. The average Bonchev–Trinajstić information content (AvgIpc) is 2.84. The molecule has 0 spiro atoms. The minimum absolute atomic E-state index is 0.0862. The lowest BCUT2D eigenvalue weighted by Gasteiger charge is -2.14. The van der Waals surface area contributed by atoms with Crippen LogP contribution in [0.1, 0.15) is 6.92 Å². The monoisotopic (exact) mass is 474 g/mol. The van der Waals surface area contributed by atoms with Crippen molar-refractivity contribution < 1.29 is 14.3 Å². The van der Waals surface area contributed by atoms with Gasteiger partial charge in [0.1, 0.15) is 11.5 Å². The Morgan fingerprint density at radius 1 is 0.941 bits per heavy atom. The van der Waals surface area contributed by atoms with Crippen LogP contribution in [0.3, 0.4) is 0 Å². The third kappa shape index (κ3) is 5.44. The lowest BCUT2D eigenvalue weighted by molar-refractivity contribution is -0.117. The van der Waals surface area contributed by atoms with E-state index in [1.165, 1.54) is 4.57 Å². The normalized spacial score (nSPS) is 10.6. The van der Waals surface area contributed by atoms with Crippen molar-refractivity contribution in [3.8, 4) is 17.2 Å².